The maximum atomic E-state index is 14.9. The van der Waals surface area contributed by atoms with Gasteiger partial charge in [0.25, 0.3) is 0 Å². The highest BCUT2D eigenvalue weighted by Crippen LogP contribution is 2.50. The van der Waals surface area contributed by atoms with Crippen LogP contribution in [0.3, 0.4) is 0 Å². The monoisotopic (exact) mass is 645 g/mol. The molecule has 43 heavy (non-hydrogen) atoms. The number of thiophene rings is 1. The molecule has 224 valence electrons. The third-order valence-electron chi connectivity index (χ3n) is 7.95. The van der Waals surface area contributed by atoms with E-state index in [1.54, 1.807) is 28.7 Å². The van der Waals surface area contributed by atoms with Gasteiger partial charge in [0.2, 0.25) is 5.91 Å². The van der Waals surface area contributed by atoms with Crippen LogP contribution in [-0.2, 0) is 17.5 Å². The Labute approximate surface area is 259 Å². The van der Waals surface area contributed by atoms with Crippen molar-refractivity contribution in [1.29, 1.82) is 0 Å². The minimum atomic E-state index is -4.69. The summed E-state index contributed by atoms with van der Waals surface area (Å²) in [7, 11) is 0. The number of halogens is 4. The van der Waals surface area contributed by atoms with Gasteiger partial charge in [-0.05, 0) is 43.7 Å². The second-order valence-corrected chi connectivity index (χ2v) is 13.2. The van der Waals surface area contributed by atoms with Gasteiger partial charge >= 0.3 is 11.9 Å². The Kier molecular flexibility index (Phi) is 7.80. The molecule has 0 N–H and O–H groups in total. The summed E-state index contributed by atoms with van der Waals surface area (Å²) in [6, 6.07) is 5.79. The van der Waals surface area contributed by atoms with E-state index in [0.29, 0.717) is 39.2 Å². The number of carbonyl (C=O) groups is 1. The topological polar surface area (TPSA) is 71.3 Å². The molecule has 13 heteroatoms. The summed E-state index contributed by atoms with van der Waals surface area (Å²) in [5.74, 6) is 0.199. The van der Waals surface area contributed by atoms with Gasteiger partial charge < -0.3 is 9.80 Å². The Bertz CT molecular complexity index is 1780. The van der Waals surface area contributed by atoms with E-state index >= 15 is 0 Å². The molecule has 0 spiro atoms. The summed E-state index contributed by atoms with van der Waals surface area (Å²) >= 11 is 8.64. The van der Waals surface area contributed by atoms with Gasteiger partial charge in [-0.25, -0.2) is 4.79 Å². The molecule has 3 atom stereocenters. The van der Waals surface area contributed by atoms with E-state index in [-0.39, 0.29) is 47.2 Å². The van der Waals surface area contributed by atoms with Crippen molar-refractivity contribution in [1.82, 2.24) is 19.4 Å². The van der Waals surface area contributed by atoms with Crippen molar-refractivity contribution < 1.29 is 18.0 Å². The molecule has 7 nitrogen and oxygen atoms in total. The van der Waals surface area contributed by atoms with Gasteiger partial charge in [-0.2, -0.15) is 18.2 Å². The Balaban J connectivity index is 1.62. The van der Waals surface area contributed by atoms with Gasteiger partial charge in [-0.1, -0.05) is 24.2 Å². The number of pyridine rings is 1. The second-order valence-electron chi connectivity index (χ2n) is 10.8. The van der Waals surface area contributed by atoms with Crippen LogP contribution >= 0.6 is 34.7 Å². The number of hydrogen-bond donors (Lipinski definition) is 0. The first kappa shape index (κ1) is 29.7. The largest absolute Gasteiger partial charge is 0.417 e. The van der Waals surface area contributed by atoms with E-state index in [2.05, 4.69) is 16.5 Å². The first-order valence-corrected chi connectivity index (χ1v) is 15.9. The van der Waals surface area contributed by atoms with Crippen LogP contribution in [0.25, 0.3) is 21.3 Å². The van der Waals surface area contributed by atoms with E-state index in [1.807, 2.05) is 24.8 Å². The molecular formula is C30H27ClF3N5O2S2. The molecule has 0 unspecified atom stereocenters. The fraction of sp³-hybridized carbons (Fsp3) is 0.333. The third kappa shape index (κ3) is 5.33. The van der Waals surface area contributed by atoms with Crippen LogP contribution in [0.4, 0.5) is 19.0 Å². The molecule has 0 bridgehead atoms. The maximum Gasteiger partial charge on any atom is 0.417 e. The van der Waals surface area contributed by atoms with E-state index in [9.17, 15) is 22.8 Å². The zero-order chi connectivity index (χ0) is 30.6. The smallest absolute Gasteiger partial charge is 0.352 e. The highest BCUT2D eigenvalue weighted by molar-refractivity contribution is 7.99. The molecule has 1 saturated heterocycles. The Hall–Kier alpha value is -3.35. The van der Waals surface area contributed by atoms with Crippen molar-refractivity contribution >= 4 is 57.3 Å². The predicted molar refractivity (Wildman–Crippen MR) is 165 cm³/mol. The first-order valence-electron chi connectivity index (χ1n) is 13.6. The van der Waals surface area contributed by atoms with Crippen LogP contribution in [0.15, 0.2) is 64.4 Å². The molecule has 6 rings (SSSR count). The molecule has 3 aromatic heterocycles. The van der Waals surface area contributed by atoms with Gasteiger partial charge in [0, 0.05) is 81.9 Å². The average molecular weight is 646 g/mol. The van der Waals surface area contributed by atoms with E-state index in [0.717, 1.165) is 23.0 Å². The van der Waals surface area contributed by atoms with Crippen LogP contribution in [0.2, 0.25) is 5.02 Å². The lowest BCUT2D eigenvalue weighted by Crippen LogP contribution is -2.58. The Morgan fingerprint density at radius 3 is 2.53 bits per heavy atom. The Morgan fingerprint density at radius 2 is 1.93 bits per heavy atom. The molecule has 2 aliphatic rings. The molecule has 0 aliphatic carbocycles. The number of aromatic nitrogens is 3. The zero-order valence-corrected chi connectivity index (χ0v) is 25.7. The number of piperazine rings is 1. The van der Waals surface area contributed by atoms with Crippen molar-refractivity contribution in [2.75, 3.05) is 23.7 Å². The van der Waals surface area contributed by atoms with Gasteiger partial charge in [0.05, 0.1) is 16.1 Å². The van der Waals surface area contributed by atoms with Crippen molar-refractivity contribution in [2.45, 2.75) is 49.5 Å². The molecule has 1 aromatic carbocycles. The summed E-state index contributed by atoms with van der Waals surface area (Å²) in [4.78, 5) is 39.3. The number of hydrogen-bond acceptors (Lipinski definition) is 7. The Morgan fingerprint density at radius 1 is 1.19 bits per heavy atom. The minimum absolute atomic E-state index is 0.0159. The normalized spacial score (nSPS) is 20.7. The maximum absolute atomic E-state index is 14.9. The fourth-order valence-electron chi connectivity index (χ4n) is 6.17. The molecule has 0 saturated carbocycles. The third-order valence-corrected chi connectivity index (χ3v) is 10.5. The summed E-state index contributed by atoms with van der Waals surface area (Å²) < 4.78 is 46.2. The lowest BCUT2D eigenvalue weighted by Gasteiger charge is -2.44. The summed E-state index contributed by atoms with van der Waals surface area (Å²) in [6.07, 6.45) is -0.0658. The second kappa shape index (κ2) is 11.3. The standard InChI is InChI=1S/C30H27ClF3N5O2S2/c1-4-24(40)39-16(2)11-37(12-17(39)3)28-21-9-22(30(32,33)34)25(23-8-20(31)15-42-23)27-26(21)38(29(41)36-28)13-19(14-43-27)18-6-5-7-35-10-18/h4-10,15-17,19H,1,11-14H2,2-3H3/t16-,17+,19-/m1/s1. The zero-order valence-electron chi connectivity index (χ0n) is 23.3. The number of thioether (sulfide) groups is 1. The predicted octanol–water partition coefficient (Wildman–Crippen LogP) is 6.69. The van der Waals surface area contributed by atoms with Crippen molar-refractivity contribution in [3.05, 3.63) is 81.3 Å². The summed E-state index contributed by atoms with van der Waals surface area (Å²) in [6.45, 7) is 8.13. The number of anilines is 1. The highest BCUT2D eigenvalue weighted by atomic mass is 35.5. The van der Waals surface area contributed by atoms with Gasteiger partial charge in [0.1, 0.15) is 5.82 Å². The van der Waals surface area contributed by atoms with Crippen LogP contribution in [0.5, 0.6) is 0 Å². The number of alkyl halides is 3. The molecule has 2 aliphatic heterocycles. The number of amides is 1. The highest BCUT2D eigenvalue weighted by Gasteiger charge is 2.40. The SMILES string of the molecule is C=CC(=O)N1[C@H](C)CN(c2nc(=O)n3c4c(c(-c5cc(Cl)cs5)c(C(F)(F)F)cc24)SC[C@H](c2cccnc2)C3)C[C@@H]1C. The average Bonchev–Trinajstić information content (AvgIpc) is 3.29. The minimum Gasteiger partial charge on any atom is -0.352 e. The van der Waals surface area contributed by atoms with Gasteiger partial charge in [-0.15, -0.1) is 23.1 Å². The van der Waals surface area contributed by atoms with Crippen LogP contribution in [0, 0.1) is 0 Å². The van der Waals surface area contributed by atoms with Gasteiger partial charge in [0.15, 0.2) is 0 Å². The van der Waals surface area contributed by atoms with E-state index in [1.165, 1.54) is 28.5 Å². The summed E-state index contributed by atoms with van der Waals surface area (Å²) in [5.41, 5.74) is -0.0315. The number of rotatable bonds is 4. The molecular weight excluding hydrogens is 619 g/mol. The number of nitrogens with zero attached hydrogens (tertiary/aromatic N) is 5. The number of carbonyl (C=O) groups excluding carboxylic acids is 1. The first-order chi connectivity index (χ1) is 20.5. The molecule has 1 fully saturated rings. The molecule has 0 radical (unpaired) electrons. The van der Waals surface area contributed by atoms with E-state index in [4.69, 9.17) is 11.6 Å². The lowest BCUT2D eigenvalue weighted by atomic mass is 9.99. The van der Waals surface area contributed by atoms with Crippen molar-refractivity contribution in [3.63, 3.8) is 0 Å². The molecule has 4 aromatic rings. The van der Waals surface area contributed by atoms with Crippen molar-refractivity contribution in [2.24, 2.45) is 0 Å². The van der Waals surface area contributed by atoms with Crippen molar-refractivity contribution in [3.8, 4) is 10.4 Å². The van der Waals surface area contributed by atoms with Crippen LogP contribution < -0.4 is 10.6 Å². The number of benzene rings is 1. The van der Waals surface area contributed by atoms with Gasteiger partial charge in [-0.3, -0.25) is 14.3 Å². The molecule has 5 heterocycles. The van der Waals surface area contributed by atoms with Crippen LogP contribution in [-0.4, -0.2) is 56.3 Å². The molecule has 1 amide bonds. The lowest BCUT2D eigenvalue weighted by molar-refractivity contribution is -0.137. The quantitative estimate of drug-likeness (QED) is 0.230. The fourth-order valence-corrected chi connectivity index (χ4v) is 8.76. The summed E-state index contributed by atoms with van der Waals surface area (Å²) in [5, 5.41) is 2.19. The van der Waals surface area contributed by atoms with E-state index < -0.39 is 17.4 Å². The van der Waals surface area contributed by atoms with Crippen LogP contribution in [0.1, 0.15) is 30.9 Å².